The lowest BCUT2D eigenvalue weighted by Gasteiger charge is -2.11. The van der Waals surface area contributed by atoms with Crippen molar-refractivity contribution in [1.82, 2.24) is 19.2 Å². The largest absolute Gasteiger partial charge is 0.493 e. The third kappa shape index (κ3) is 3.46. The average molecular weight is 417 g/mol. The van der Waals surface area contributed by atoms with Crippen LogP contribution in [0.25, 0.3) is 16.6 Å². The first-order valence-corrected chi connectivity index (χ1v) is 9.46. The molecule has 31 heavy (non-hydrogen) atoms. The molecule has 0 aliphatic heterocycles. The maximum absolute atomic E-state index is 12.8. The van der Waals surface area contributed by atoms with Crippen LogP contribution in [0.1, 0.15) is 22.5 Å². The Kier molecular flexibility index (Phi) is 4.86. The van der Waals surface area contributed by atoms with Gasteiger partial charge in [0.15, 0.2) is 0 Å². The van der Waals surface area contributed by atoms with Gasteiger partial charge in [0.25, 0.3) is 11.1 Å². The van der Waals surface area contributed by atoms with Crippen LogP contribution in [0, 0.1) is 20.8 Å². The Morgan fingerprint density at radius 1 is 1.03 bits per heavy atom. The first-order valence-electron chi connectivity index (χ1n) is 9.46. The summed E-state index contributed by atoms with van der Waals surface area (Å²) in [6, 6.07) is 12.0. The molecule has 9 heteroatoms. The molecule has 0 aliphatic carbocycles. The summed E-state index contributed by atoms with van der Waals surface area (Å²) in [6.45, 7) is 5.40. The van der Waals surface area contributed by atoms with Crippen LogP contribution in [0.4, 0.5) is 0 Å². The molecule has 0 spiro atoms. The van der Waals surface area contributed by atoms with Crippen molar-refractivity contribution in [2.45, 2.75) is 20.8 Å². The van der Waals surface area contributed by atoms with Crippen LogP contribution >= 0.6 is 0 Å². The predicted octanol–water partition coefficient (Wildman–Crippen LogP) is 1.75. The van der Waals surface area contributed by atoms with Gasteiger partial charge in [-0.15, -0.1) is 0 Å². The lowest BCUT2D eigenvalue weighted by molar-refractivity contribution is 0.430. The van der Waals surface area contributed by atoms with Gasteiger partial charge in [0.05, 0.1) is 22.8 Å². The molecule has 2 aromatic heterocycles. The maximum Gasteiger partial charge on any atom is 0.335 e. The fourth-order valence-corrected chi connectivity index (χ4v) is 3.25. The molecular formula is C22H19N5O4. The fraction of sp³-hybridized carbons (Fsp3) is 0.136. The number of rotatable bonds is 3. The van der Waals surface area contributed by atoms with Crippen LogP contribution in [-0.2, 0) is 0 Å². The first kappa shape index (κ1) is 20.0. The molecule has 0 bridgehead atoms. The Labute approximate surface area is 175 Å². The number of benzene rings is 2. The molecule has 2 N–H and O–H groups in total. The highest BCUT2D eigenvalue weighted by atomic mass is 16.3. The molecule has 2 heterocycles. The summed E-state index contributed by atoms with van der Waals surface area (Å²) in [5.41, 5.74) is 0.540. The number of H-pyrrole nitrogens is 1. The molecule has 4 aromatic rings. The van der Waals surface area contributed by atoms with Gasteiger partial charge in [-0.05, 0) is 56.2 Å². The average Bonchev–Trinajstić information content (AvgIpc) is 2.72. The highest BCUT2D eigenvalue weighted by molar-refractivity contribution is 5.82. The SMILES string of the molecule is Cc1ccc(-n2c(O)c(C=Nn3c(C)nc4ccccc4c3=O)c(=O)[nH]c2=O)cc1C. The van der Waals surface area contributed by atoms with E-state index in [1.54, 1.807) is 49.4 Å². The second-order valence-electron chi connectivity index (χ2n) is 7.14. The van der Waals surface area contributed by atoms with E-state index >= 15 is 0 Å². The highest BCUT2D eigenvalue weighted by Crippen LogP contribution is 2.18. The van der Waals surface area contributed by atoms with Crippen molar-refractivity contribution in [2.24, 2.45) is 5.10 Å². The Morgan fingerprint density at radius 2 is 1.77 bits per heavy atom. The Hall–Kier alpha value is -4.27. The Bertz CT molecular complexity index is 1540. The normalized spacial score (nSPS) is 11.5. The quantitative estimate of drug-likeness (QED) is 0.492. The van der Waals surface area contributed by atoms with Crippen LogP contribution < -0.4 is 16.8 Å². The van der Waals surface area contributed by atoms with E-state index in [9.17, 15) is 19.5 Å². The molecule has 0 fully saturated rings. The van der Waals surface area contributed by atoms with Gasteiger partial charge in [-0.1, -0.05) is 18.2 Å². The molecular weight excluding hydrogens is 398 g/mol. The summed E-state index contributed by atoms with van der Waals surface area (Å²) >= 11 is 0. The molecule has 0 saturated carbocycles. The molecule has 0 aliphatic rings. The van der Waals surface area contributed by atoms with E-state index in [0.717, 1.165) is 26.6 Å². The van der Waals surface area contributed by atoms with Gasteiger partial charge in [-0.2, -0.15) is 9.78 Å². The van der Waals surface area contributed by atoms with Gasteiger partial charge in [-0.25, -0.2) is 14.3 Å². The number of aromatic hydroxyl groups is 1. The summed E-state index contributed by atoms with van der Waals surface area (Å²) in [7, 11) is 0. The second-order valence-corrected chi connectivity index (χ2v) is 7.14. The van der Waals surface area contributed by atoms with Crippen LogP contribution in [-0.4, -0.2) is 30.5 Å². The minimum atomic E-state index is -0.828. The Balaban J connectivity index is 1.88. The molecule has 0 atom stereocenters. The number of para-hydroxylation sites is 1. The second kappa shape index (κ2) is 7.52. The summed E-state index contributed by atoms with van der Waals surface area (Å²) in [6.07, 6.45) is 1.04. The van der Waals surface area contributed by atoms with E-state index in [1.165, 1.54) is 0 Å². The zero-order valence-electron chi connectivity index (χ0n) is 17.1. The van der Waals surface area contributed by atoms with Gasteiger partial charge in [0, 0.05) is 0 Å². The lowest BCUT2D eigenvalue weighted by atomic mass is 10.1. The zero-order chi connectivity index (χ0) is 22.3. The fourth-order valence-electron chi connectivity index (χ4n) is 3.25. The number of fused-ring (bicyclic) bond motifs is 1. The zero-order valence-corrected chi connectivity index (χ0v) is 17.1. The van der Waals surface area contributed by atoms with Crippen molar-refractivity contribution in [1.29, 1.82) is 0 Å². The molecule has 0 radical (unpaired) electrons. The van der Waals surface area contributed by atoms with Crippen LogP contribution in [0.3, 0.4) is 0 Å². The minimum Gasteiger partial charge on any atom is -0.493 e. The summed E-state index contributed by atoms with van der Waals surface area (Å²) in [4.78, 5) is 44.0. The summed E-state index contributed by atoms with van der Waals surface area (Å²) in [5, 5.41) is 15.1. The first-order chi connectivity index (χ1) is 14.8. The van der Waals surface area contributed by atoms with Crippen LogP contribution in [0.15, 0.2) is 61.9 Å². The summed E-state index contributed by atoms with van der Waals surface area (Å²) in [5.74, 6) is -0.279. The number of aryl methyl sites for hydroxylation is 3. The third-order valence-electron chi connectivity index (χ3n) is 5.09. The van der Waals surface area contributed by atoms with E-state index < -0.39 is 22.7 Å². The van der Waals surface area contributed by atoms with E-state index in [0.29, 0.717) is 22.4 Å². The highest BCUT2D eigenvalue weighted by Gasteiger charge is 2.15. The third-order valence-corrected chi connectivity index (χ3v) is 5.09. The molecule has 156 valence electrons. The Morgan fingerprint density at radius 3 is 2.52 bits per heavy atom. The summed E-state index contributed by atoms with van der Waals surface area (Å²) < 4.78 is 2.01. The monoisotopic (exact) mass is 417 g/mol. The van der Waals surface area contributed by atoms with Gasteiger partial charge in [-0.3, -0.25) is 14.6 Å². The standard InChI is InChI=1S/C22H19N5O4/c1-12-8-9-15(10-13(12)2)26-20(29)17(19(28)25-22(26)31)11-23-27-14(3)24-18-7-5-4-6-16(18)21(27)30/h4-11,29H,1-3H3,(H,25,28,31). The van der Waals surface area contributed by atoms with Crippen molar-refractivity contribution in [3.05, 3.63) is 96.2 Å². The number of nitrogens with one attached hydrogen (secondary N) is 1. The molecule has 4 rings (SSSR count). The number of aromatic amines is 1. The van der Waals surface area contributed by atoms with Crippen LogP contribution in [0.2, 0.25) is 0 Å². The van der Waals surface area contributed by atoms with Crippen molar-refractivity contribution in [2.75, 3.05) is 0 Å². The molecule has 2 aromatic carbocycles. The minimum absolute atomic E-state index is 0.266. The number of nitrogens with zero attached hydrogens (tertiary/aromatic N) is 4. The lowest BCUT2D eigenvalue weighted by Crippen LogP contribution is -2.31. The smallest absolute Gasteiger partial charge is 0.335 e. The predicted molar refractivity (Wildman–Crippen MR) is 118 cm³/mol. The van der Waals surface area contributed by atoms with E-state index in [2.05, 4.69) is 15.1 Å². The maximum atomic E-state index is 12.8. The molecule has 0 saturated heterocycles. The van der Waals surface area contributed by atoms with Crippen molar-refractivity contribution in [3.8, 4) is 11.6 Å². The number of hydrogen-bond acceptors (Lipinski definition) is 6. The van der Waals surface area contributed by atoms with Crippen molar-refractivity contribution in [3.63, 3.8) is 0 Å². The van der Waals surface area contributed by atoms with E-state index in [1.807, 2.05) is 13.8 Å². The molecule has 0 unspecified atom stereocenters. The van der Waals surface area contributed by atoms with Gasteiger partial charge < -0.3 is 5.11 Å². The van der Waals surface area contributed by atoms with Crippen molar-refractivity contribution >= 4 is 17.1 Å². The topological polar surface area (TPSA) is 122 Å². The number of hydrogen-bond donors (Lipinski definition) is 2. The molecule has 0 amide bonds. The van der Waals surface area contributed by atoms with E-state index in [4.69, 9.17) is 0 Å². The van der Waals surface area contributed by atoms with E-state index in [-0.39, 0.29) is 5.56 Å². The van der Waals surface area contributed by atoms with Crippen molar-refractivity contribution < 1.29 is 5.11 Å². The van der Waals surface area contributed by atoms with Gasteiger partial charge in [0.1, 0.15) is 11.4 Å². The molecule has 9 nitrogen and oxygen atoms in total. The van der Waals surface area contributed by atoms with Gasteiger partial charge >= 0.3 is 5.69 Å². The van der Waals surface area contributed by atoms with Gasteiger partial charge in [0.2, 0.25) is 5.88 Å². The van der Waals surface area contributed by atoms with Crippen LogP contribution in [0.5, 0.6) is 5.88 Å². The number of aromatic nitrogens is 4.